The zero-order chi connectivity index (χ0) is 12.0. The molecule has 0 aliphatic heterocycles. The van der Waals surface area contributed by atoms with Crippen LogP contribution in [0.4, 0.5) is 0 Å². The Morgan fingerprint density at radius 1 is 1.62 bits per heavy atom. The fourth-order valence-corrected chi connectivity index (χ4v) is 3.26. The molecule has 0 bridgehead atoms. The maximum absolute atomic E-state index is 11.2. The van der Waals surface area contributed by atoms with E-state index in [0.29, 0.717) is 4.88 Å². The van der Waals surface area contributed by atoms with Crippen molar-refractivity contribution in [1.82, 2.24) is 5.43 Å². The largest absolute Gasteiger partial charge is 0.328 e. The Balaban J connectivity index is 2.32. The first-order chi connectivity index (χ1) is 7.63. The van der Waals surface area contributed by atoms with Crippen molar-refractivity contribution in [3.8, 4) is 0 Å². The number of hydrogen-bond acceptors (Lipinski definition) is 5. The number of hydrazine groups is 1. The van der Waals surface area contributed by atoms with Gasteiger partial charge < -0.3 is 5.73 Å². The molecule has 1 rings (SSSR count). The van der Waals surface area contributed by atoms with Gasteiger partial charge in [-0.2, -0.15) is 11.8 Å². The number of thiophene rings is 1. The normalized spacial score (nSPS) is 12.4. The summed E-state index contributed by atoms with van der Waals surface area (Å²) in [5.41, 5.74) is 7.78. The molecule has 6 heteroatoms. The van der Waals surface area contributed by atoms with E-state index in [-0.39, 0.29) is 11.9 Å². The van der Waals surface area contributed by atoms with Crippen LogP contribution in [0.15, 0.2) is 12.1 Å². The summed E-state index contributed by atoms with van der Waals surface area (Å²) >= 11 is 3.32. The molecule has 1 unspecified atom stereocenters. The number of nitrogens with one attached hydrogen (secondary N) is 1. The highest BCUT2D eigenvalue weighted by Crippen LogP contribution is 2.22. The number of nitrogens with two attached hydrogens (primary N) is 2. The van der Waals surface area contributed by atoms with Gasteiger partial charge in [0.25, 0.3) is 5.91 Å². The molecule has 1 aromatic heterocycles. The van der Waals surface area contributed by atoms with E-state index in [2.05, 4.69) is 5.43 Å². The third kappa shape index (κ3) is 4.52. The molecule has 0 saturated heterocycles. The van der Waals surface area contributed by atoms with Crippen LogP contribution in [0.2, 0.25) is 0 Å². The minimum absolute atomic E-state index is 0.225. The Hall–Kier alpha value is -0.560. The number of thioether (sulfide) groups is 1. The highest BCUT2D eigenvalue weighted by Gasteiger charge is 2.07. The zero-order valence-electron chi connectivity index (χ0n) is 9.23. The molecule has 90 valence electrons. The maximum atomic E-state index is 11.2. The molecule has 16 heavy (non-hydrogen) atoms. The lowest BCUT2D eigenvalue weighted by atomic mass is 10.3. The molecule has 0 aliphatic carbocycles. The van der Waals surface area contributed by atoms with Crippen LogP contribution in [0, 0.1) is 0 Å². The Labute approximate surface area is 104 Å². The van der Waals surface area contributed by atoms with Crippen LogP contribution < -0.4 is 17.0 Å². The molecule has 0 radical (unpaired) electrons. The average molecular weight is 259 g/mol. The minimum atomic E-state index is -0.225. The smallest absolute Gasteiger partial charge is 0.275 e. The van der Waals surface area contributed by atoms with Crippen molar-refractivity contribution >= 4 is 29.0 Å². The van der Waals surface area contributed by atoms with Gasteiger partial charge in [-0.25, -0.2) is 5.84 Å². The SMILES string of the molecule is CC(N)CCSCc1ccc(C(=O)NN)s1. The van der Waals surface area contributed by atoms with Gasteiger partial charge in [-0.15, -0.1) is 11.3 Å². The monoisotopic (exact) mass is 259 g/mol. The summed E-state index contributed by atoms with van der Waals surface area (Å²) in [7, 11) is 0. The quantitative estimate of drug-likeness (QED) is 0.311. The van der Waals surface area contributed by atoms with Crippen LogP contribution in [0.25, 0.3) is 0 Å². The third-order valence-electron chi connectivity index (χ3n) is 1.98. The van der Waals surface area contributed by atoms with E-state index in [9.17, 15) is 4.79 Å². The van der Waals surface area contributed by atoms with Gasteiger partial charge in [-0.05, 0) is 31.2 Å². The van der Waals surface area contributed by atoms with E-state index in [0.717, 1.165) is 17.9 Å². The highest BCUT2D eigenvalue weighted by molar-refractivity contribution is 7.98. The first kappa shape index (κ1) is 13.5. The second-order valence-electron chi connectivity index (χ2n) is 3.56. The van der Waals surface area contributed by atoms with Crippen molar-refractivity contribution in [3.63, 3.8) is 0 Å². The van der Waals surface area contributed by atoms with Gasteiger partial charge in [0, 0.05) is 16.7 Å². The van der Waals surface area contributed by atoms with E-state index in [1.807, 2.05) is 24.8 Å². The summed E-state index contributed by atoms with van der Waals surface area (Å²) < 4.78 is 0. The van der Waals surface area contributed by atoms with Crippen molar-refractivity contribution in [1.29, 1.82) is 0 Å². The lowest BCUT2D eigenvalue weighted by molar-refractivity contribution is 0.0957. The van der Waals surface area contributed by atoms with Gasteiger partial charge in [0.1, 0.15) is 0 Å². The molecular formula is C10H17N3OS2. The number of hydrogen-bond donors (Lipinski definition) is 3. The standard InChI is InChI=1S/C10H17N3OS2/c1-7(11)4-5-15-6-8-2-3-9(16-8)10(14)13-12/h2-3,7H,4-6,11-12H2,1H3,(H,13,14). The van der Waals surface area contributed by atoms with Gasteiger partial charge >= 0.3 is 0 Å². The van der Waals surface area contributed by atoms with Gasteiger partial charge in [0.2, 0.25) is 0 Å². The van der Waals surface area contributed by atoms with Gasteiger partial charge in [0.15, 0.2) is 0 Å². The van der Waals surface area contributed by atoms with Crippen molar-refractivity contribution < 1.29 is 4.79 Å². The third-order valence-corrected chi connectivity index (χ3v) is 4.28. The molecule has 0 spiro atoms. The van der Waals surface area contributed by atoms with Crippen LogP contribution in [0.1, 0.15) is 27.9 Å². The Morgan fingerprint density at radius 3 is 3.00 bits per heavy atom. The molecule has 1 aromatic rings. The van der Waals surface area contributed by atoms with Crippen LogP contribution in [0.3, 0.4) is 0 Å². The number of carbonyl (C=O) groups is 1. The van der Waals surface area contributed by atoms with E-state index in [1.54, 1.807) is 6.07 Å². The summed E-state index contributed by atoms with van der Waals surface area (Å²) in [5, 5.41) is 0. The van der Waals surface area contributed by atoms with Crippen molar-refractivity contribution in [2.45, 2.75) is 25.1 Å². The fraction of sp³-hybridized carbons (Fsp3) is 0.500. The second-order valence-corrected chi connectivity index (χ2v) is 5.83. The first-order valence-electron chi connectivity index (χ1n) is 5.06. The molecule has 4 nitrogen and oxygen atoms in total. The predicted octanol–water partition coefficient (Wildman–Crippen LogP) is 1.32. The second kappa shape index (κ2) is 6.90. The van der Waals surface area contributed by atoms with Crippen LogP contribution in [-0.2, 0) is 5.75 Å². The summed E-state index contributed by atoms with van der Waals surface area (Å²) in [4.78, 5) is 13.0. The summed E-state index contributed by atoms with van der Waals surface area (Å²) in [6, 6.07) is 4.03. The van der Waals surface area contributed by atoms with Crippen LogP contribution in [0.5, 0.6) is 0 Å². The van der Waals surface area contributed by atoms with Crippen molar-refractivity contribution in [3.05, 3.63) is 21.9 Å². The molecule has 0 aromatic carbocycles. The molecule has 1 atom stereocenters. The summed E-state index contributed by atoms with van der Waals surface area (Å²) in [6.45, 7) is 2.01. The molecule has 1 heterocycles. The highest BCUT2D eigenvalue weighted by atomic mass is 32.2. The zero-order valence-corrected chi connectivity index (χ0v) is 10.9. The maximum Gasteiger partial charge on any atom is 0.275 e. The number of amides is 1. The molecule has 0 aliphatic rings. The van der Waals surface area contributed by atoms with Gasteiger partial charge in [-0.3, -0.25) is 10.2 Å². The van der Waals surface area contributed by atoms with E-state index in [4.69, 9.17) is 11.6 Å². The van der Waals surface area contributed by atoms with Gasteiger partial charge in [-0.1, -0.05) is 0 Å². The van der Waals surface area contributed by atoms with E-state index in [1.165, 1.54) is 16.2 Å². The number of carbonyl (C=O) groups excluding carboxylic acids is 1. The predicted molar refractivity (Wildman–Crippen MR) is 70.4 cm³/mol. The van der Waals surface area contributed by atoms with Crippen LogP contribution >= 0.6 is 23.1 Å². The summed E-state index contributed by atoms with van der Waals surface area (Å²) in [6.07, 6.45) is 1.02. The van der Waals surface area contributed by atoms with Crippen LogP contribution in [-0.4, -0.2) is 17.7 Å². The van der Waals surface area contributed by atoms with E-state index >= 15 is 0 Å². The van der Waals surface area contributed by atoms with Crippen molar-refractivity contribution in [2.24, 2.45) is 11.6 Å². The molecular weight excluding hydrogens is 242 g/mol. The topological polar surface area (TPSA) is 81.1 Å². The Bertz CT molecular complexity index is 339. The first-order valence-corrected chi connectivity index (χ1v) is 7.03. The average Bonchev–Trinajstić information content (AvgIpc) is 2.71. The Morgan fingerprint density at radius 2 is 2.38 bits per heavy atom. The molecule has 0 saturated carbocycles. The van der Waals surface area contributed by atoms with E-state index < -0.39 is 0 Å². The summed E-state index contributed by atoms with van der Waals surface area (Å²) in [5.74, 6) is 6.81. The lowest BCUT2D eigenvalue weighted by Crippen LogP contribution is -2.29. The Kier molecular flexibility index (Phi) is 5.83. The minimum Gasteiger partial charge on any atom is -0.328 e. The molecule has 0 fully saturated rings. The van der Waals surface area contributed by atoms with Gasteiger partial charge in [0.05, 0.1) is 4.88 Å². The number of nitrogen functional groups attached to an aromatic ring is 1. The van der Waals surface area contributed by atoms with Crippen molar-refractivity contribution in [2.75, 3.05) is 5.75 Å². The number of rotatable bonds is 6. The molecule has 1 amide bonds. The fourth-order valence-electron chi connectivity index (χ4n) is 1.09. The molecule has 5 N–H and O–H groups in total. The lowest BCUT2D eigenvalue weighted by Gasteiger charge is -2.03.